The van der Waals surface area contributed by atoms with Gasteiger partial charge in [0.2, 0.25) is 5.91 Å². The quantitative estimate of drug-likeness (QED) is 0.682. The van der Waals surface area contributed by atoms with Crippen LogP contribution in [-0.4, -0.2) is 46.0 Å². The number of carbonyl (C=O) groups is 1. The van der Waals surface area contributed by atoms with Crippen LogP contribution < -0.4 is 10.1 Å². The molecule has 0 heterocycles. The van der Waals surface area contributed by atoms with Gasteiger partial charge in [0, 0.05) is 7.11 Å². The van der Waals surface area contributed by atoms with Crippen LogP contribution >= 0.6 is 0 Å². The summed E-state index contributed by atoms with van der Waals surface area (Å²) in [5.74, 6) is 0.662. The van der Waals surface area contributed by atoms with Gasteiger partial charge >= 0.3 is 0 Å². The normalized spacial score (nSPS) is 10.2. The molecule has 1 amide bonds. The number of aryl methyl sites for hydroxylation is 1. The molecule has 1 N–H and O–H groups in total. The Morgan fingerprint density at radius 2 is 2.11 bits per heavy atom. The van der Waals surface area contributed by atoms with Crippen LogP contribution in [0, 0.1) is 6.92 Å². The third-order valence-electron chi connectivity index (χ3n) is 2.35. The molecule has 1 aromatic carbocycles. The zero-order valence-corrected chi connectivity index (χ0v) is 11.5. The largest absolute Gasteiger partial charge is 0.492 e. The van der Waals surface area contributed by atoms with Gasteiger partial charge in [-0.2, -0.15) is 0 Å². The van der Waals surface area contributed by atoms with E-state index in [2.05, 4.69) is 5.32 Å². The molecule has 0 saturated heterocycles. The average Bonchev–Trinajstić information content (AvgIpc) is 2.40. The van der Waals surface area contributed by atoms with Crippen molar-refractivity contribution in [2.24, 2.45) is 0 Å². The summed E-state index contributed by atoms with van der Waals surface area (Å²) in [4.78, 5) is 11.3. The van der Waals surface area contributed by atoms with Crippen LogP contribution in [0.2, 0.25) is 0 Å². The number of hydrogen-bond acceptors (Lipinski definition) is 4. The number of hydrogen-bond donors (Lipinski definition) is 1. The predicted molar refractivity (Wildman–Crippen MR) is 72.4 cm³/mol. The number of benzene rings is 1. The lowest BCUT2D eigenvalue weighted by atomic mass is 10.2. The number of ether oxygens (including phenoxy) is 3. The fourth-order valence-electron chi connectivity index (χ4n) is 1.42. The second kappa shape index (κ2) is 9.35. The van der Waals surface area contributed by atoms with Crippen molar-refractivity contribution in [2.45, 2.75) is 6.92 Å². The van der Waals surface area contributed by atoms with Crippen LogP contribution in [0.25, 0.3) is 0 Å². The second-order valence-corrected chi connectivity index (χ2v) is 4.06. The summed E-state index contributed by atoms with van der Waals surface area (Å²) in [6.07, 6.45) is 0. The van der Waals surface area contributed by atoms with Crippen LogP contribution in [0.15, 0.2) is 24.3 Å². The number of nitrogens with one attached hydrogen (secondary N) is 1. The highest BCUT2D eigenvalue weighted by molar-refractivity contribution is 5.77. The van der Waals surface area contributed by atoms with E-state index in [0.29, 0.717) is 26.4 Å². The van der Waals surface area contributed by atoms with E-state index >= 15 is 0 Å². The molecule has 0 unspecified atom stereocenters. The molecule has 0 aliphatic carbocycles. The molecule has 5 nitrogen and oxygen atoms in total. The SMILES string of the molecule is COCCOCC(=O)NCCOc1cccc(C)c1. The van der Waals surface area contributed by atoms with Gasteiger partial charge in [-0.15, -0.1) is 0 Å². The molecular weight excluding hydrogens is 246 g/mol. The number of rotatable bonds is 9. The van der Waals surface area contributed by atoms with Gasteiger partial charge in [-0.05, 0) is 24.6 Å². The second-order valence-electron chi connectivity index (χ2n) is 4.06. The third kappa shape index (κ3) is 7.43. The van der Waals surface area contributed by atoms with Gasteiger partial charge in [-0.1, -0.05) is 12.1 Å². The maximum absolute atomic E-state index is 11.3. The Balaban J connectivity index is 2.05. The molecule has 0 aliphatic heterocycles. The van der Waals surface area contributed by atoms with Gasteiger partial charge in [-0.3, -0.25) is 4.79 Å². The molecule has 0 aliphatic rings. The van der Waals surface area contributed by atoms with E-state index in [1.165, 1.54) is 0 Å². The zero-order valence-electron chi connectivity index (χ0n) is 11.5. The van der Waals surface area contributed by atoms with Gasteiger partial charge in [-0.25, -0.2) is 0 Å². The lowest BCUT2D eigenvalue weighted by Gasteiger charge is -2.08. The Labute approximate surface area is 113 Å². The minimum atomic E-state index is -0.149. The summed E-state index contributed by atoms with van der Waals surface area (Å²) in [7, 11) is 1.59. The fraction of sp³-hybridized carbons (Fsp3) is 0.500. The zero-order chi connectivity index (χ0) is 13.9. The van der Waals surface area contributed by atoms with Crippen LogP contribution in [0.1, 0.15) is 5.56 Å². The van der Waals surface area contributed by atoms with Crippen molar-refractivity contribution in [1.82, 2.24) is 5.32 Å². The van der Waals surface area contributed by atoms with Crippen molar-refractivity contribution in [2.75, 3.05) is 40.1 Å². The predicted octanol–water partition coefficient (Wildman–Crippen LogP) is 1.15. The van der Waals surface area contributed by atoms with Gasteiger partial charge in [0.25, 0.3) is 0 Å². The molecule has 0 radical (unpaired) electrons. The first-order valence-corrected chi connectivity index (χ1v) is 6.25. The number of carbonyl (C=O) groups excluding carboxylic acids is 1. The standard InChI is InChI=1S/C14H21NO4/c1-12-4-3-5-13(10-12)19-7-6-15-14(16)11-18-9-8-17-2/h3-5,10H,6-9,11H2,1-2H3,(H,15,16). The van der Waals surface area contributed by atoms with Crippen LogP contribution in [0.4, 0.5) is 0 Å². The average molecular weight is 267 g/mol. The van der Waals surface area contributed by atoms with E-state index in [1.54, 1.807) is 7.11 Å². The first-order chi connectivity index (χ1) is 9.22. The van der Waals surface area contributed by atoms with Crippen molar-refractivity contribution in [3.63, 3.8) is 0 Å². The first kappa shape index (κ1) is 15.5. The van der Waals surface area contributed by atoms with Gasteiger partial charge in [0.05, 0.1) is 19.8 Å². The fourth-order valence-corrected chi connectivity index (χ4v) is 1.42. The summed E-state index contributed by atoms with van der Waals surface area (Å²) in [5.41, 5.74) is 1.15. The highest BCUT2D eigenvalue weighted by Crippen LogP contribution is 2.11. The summed E-state index contributed by atoms with van der Waals surface area (Å²) >= 11 is 0. The van der Waals surface area contributed by atoms with Crippen molar-refractivity contribution < 1.29 is 19.0 Å². The summed E-state index contributed by atoms with van der Waals surface area (Å²) in [6, 6.07) is 7.79. The lowest BCUT2D eigenvalue weighted by molar-refractivity contribution is -0.126. The molecule has 0 fully saturated rings. The lowest BCUT2D eigenvalue weighted by Crippen LogP contribution is -2.31. The molecule has 19 heavy (non-hydrogen) atoms. The van der Waals surface area contributed by atoms with Gasteiger partial charge in [0.15, 0.2) is 0 Å². The monoisotopic (exact) mass is 267 g/mol. The highest BCUT2D eigenvalue weighted by atomic mass is 16.5. The van der Waals surface area contributed by atoms with E-state index in [1.807, 2.05) is 31.2 Å². The minimum Gasteiger partial charge on any atom is -0.492 e. The van der Waals surface area contributed by atoms with Crippen LogP contribution in [0.5, 0.6) is 5.75 Å². The minimum absolute atomic E-state index is 0.0494. The molecule has 1 rings (SSSR count). The van der Waals surface area contributed by atoms with Gasteiger partial charge < -0.3 is 19.5 Å². The third-order valence-corrected chi connectivity index (χ3v) is 2.35. The molecule has 0 bridgehead atoms. The molecule has 0 atom stereocenters. The van der Waals surface area contributed by atoms with E-state index in [4.69, 9.17) is 14.2 Å². The summed E-state index contributed by atoms with van der Waals surface area (Å²) < 4.78 is 15.4. The molecule has 5 heteroatoms. The maximum atomic E-state index is 11.3. The van der Waals surface area contributed by atoms with E-state index < -0.39 is 0 Å². The Morgan fingerprint density at radius 1 is 1.26 bits per heavy atom. The van der Waals surface area contributed by atoms with Crippen molar-refractivity contribution in [3.8, 4) is 5.75 Å². The highest BCUT2D eigenvalue weighted by Gasteiger charge is 2.00. The van der Waals surface area contributed by atoms with E-state index in [-0.39, 0.29) is 12.5 Å². The number of amides is 1. The van der Waals surface area contributed by atoms with E-state index in [0.717, 1.165) is 11.3 Å². The molecule has 0 spiro atoms. The maximum Gasteiger partial charge on any atom is 0.246 e. The molecular formula is C14H21NO4. The summed E-state index contributed by atoms with van der Waals surface area (Å²) in [5, 5.41) is 2.71. The Hall–Kier alpha value is -1.59. The summed E-state index contributed by atoms with van der Waals surface area (Å²) in [6.45, 7) is 3.86. The Morgan fingerprint density at radius 3 is 2.84 bits per heavy atom. The smallest absolute Gasteiger partial charge is 0.246 e. The van der Waals surface area contributed by atoms with Crippen LogP contribution in [-0.2, 0) is 14.3 Å². The Kier molecular flexibility index (Phi) is 7.62. The molecule has 1 aromatic rings. The molecule has 106 valence electrons. The van der Waals surface area contributed by atoms with Gasteiger partial charge in [0.1, 0.15) is 19.0 Å². The molecule has 0 aromatic heterocycles. The Bertz CT molecular complexity index is 381. The van der Waals surface area contributed by atoms with E-state index in [9.17, 15) is 4.79 Å². The van der Waals surface area contributed by atoms with Crippen molar-refractivity contribution >= 4 is 5.91 Å². The topological polar surface area (TPSA) is 56.8 Å². The number of methoxy groups -OCH3 is 1. The van der Waals surface area contributed by atoms with Crippen molar-refractivity contribution in [3.05, 3.63) is 29.8 Å². The van der Waals surface area contributed by atoms with Crippen LogP contribution in [0.3, 0.4) is 0 Å². The molecule has 0 saturated carbocycles. The first-order valence-electron chi connectivity index (χ1n) is 6.25. The van der Waals surface area contributed by atoms with Crippen molar-refractivity contribution in [1.29, 1.82) is 0 Å².